The molecule has 0 amide bonds. The highest BCUT2D eigenvalue weighted by molar-refractivity contribution is 7.91. The van der Waals surface area contributed by atoms with Gasteiger partial charge in [-0.25, -0.2) is 18.4 Å². The fraction of sp³-hybridized carbons (Fsp3) is 0.636. The van der Waals surface area contributed by atoms with Gasteiger partial charge in [-0.15, -0.1) is 0 Å². The average Bonchev–Trinajstić information content (AvgIpc) is 2.39. The van der Waals surface area contributed by atoms with Crippen LogP contribution in [0.5, 0.6) is 0 Å². The number of rotatable bonds is 2. The molecule has 0 spiro atoms. The van der Waals surface area contributed by atoms with Gasteiger partial charge >= 0.3 is 0 Å². The van der Waals surface area contributed by atoms with Gasteiger partial charge in [0.1, 0.15) is 5.82 Å². The van der Waals surface area contributed by atoms with Gasteiger partial charge in [0.25, 0.3) is 0 Å². The van der Waals surface area contributed by atoms with Crippen molar-refractivity contribution in [1.29, 1.82) is 0 Å². The van der Waals surface area contributed by atoms with Gasteiger partial charge in [-0.3, -0.25) is 0 Å². The number of aromatic nitrogens is 2. The summed E-state index contributed by atoms with van der Waals surface area (Å²) < 4.78 is 23.1. The van der Waals surface area contributed by atoms with Crippen LogP contribution in [0.1, 0.15) is 22.8 Å². The summed E-state index contributed by atoms with van der Waals surface area (Å²) >= 11 is 0. The predicted molar refractivity (Wildman–Crippen MR) is 63.6 cm³/mol. The Balaban J connectivity index is 2.39. The van der Waals surface area contributed by atoms with Crippen molar-refractivity contribution >= 4 is 9.84 Å². The molecule has 1 aliphatic rings. The van der Waals surface area contributed by atoms with Gasteiger partial charge in [-0.05, 0) is 18.9 Å². The molecule has 0 aromatic carbocycles. The molecule has 0 fully saturated rings. The zero-order chi connectivity index (χ0) is 12.5. The van der Waals surface area contributed by atoms with Crippen molar-refractivity contribution in [3.63, 3.8) is 0 Å². The van der Waals surface area contributed by atoms with Crippen LogP contribution in [0.2, 0.25) is 0 Å². The number of nitrogens with zero attached hydrogens (tertiary/aromatic N) is 2. The standard InChI is InChI=1S/C11H16N2O3S/c1-8-9-3-6-17(15,16)7-4-10(9)13-11(12-8)2-5-14/h14H,2-7H2,1H3. The van der Waals surface area contributed by atoms with Gasteiger partial charge in [-0.1, -0.05) is 0 Å². The monoisotopic (exact) mass is 256 g/mol. The summed E-state index contributed by atoms with van der Waals surface area (Å²) in [6, 6.07) is 0. The van der Waals surface area contributed by atoms with Crippen molar-refractivity contribution in [2.24, 2.45) is 0 Å². The summed E-state index contributed by atoms with van der Waals surface area (Å²) in [4.78, 5) is 8.65. The van der Waals surface area contributed by atoms with E-state index >= 15 is 0 Å². The Labute approximate surface area is 101 Å². The molecular weight excluding hydrogens is 240 g/mol. The molecule has 94 valence electrons. The Morgan fingerprint density at radius 2 is 1.94 bits per heavy atom. The average molecular weight is 256 g/mol. The van der Waals surface area contributed by atoms with E-state index in [1.807, 2.05) is 6.92 Å². The van der Waals surface area contributed by atoms with E-state index in [0.717, 1.165) is 17.0 Å². The maximum Gasteiger partial charge on any atom is 0.151 e. The second-order valence-corrected chi connectivity index (χ2v) is 6.58. The normalized spacial score (nSPS) is 18.5. The molecule has 6 heteroatoms. The van der Waals surface area contributed by atoms with Crippen molar-refractivity contribution in [2.45, 2.75) is 26.2 Å². The summed E-state index contributed by atoms with van der Waals surface area (Å²) in [5, 5.41) is 8.88. The Morgan fingerprint density at radius 3 is 2.65 bits per heavy atom. The molecule has 0 saturated heterocycles. The molecule has 0 radical (unpaired) electrons. The minimum atomic E-state index is -2.95. The Morgan fingerprint density at radius 1 is 1.24 bits per heavy atom. The third-order valence-electron chi connectivity index (χ3n) is 2.99. The van der Waals surface area contributed by atoms with Gasteiger partial charge in [-0.2, -0.15) is 0 Å². The second kappa shape index (κ2) is 4.70. The molecule has 17 heavy (non-hydrogen) atoms. The molecule has 0 unspecified atom stereocenters. The zero-order valence-electron chi connectivity index (χ0n) is 9.81. The number of aliphatic hydroxyl groups is 1. The van der Waals surface area contributed by atoms with Gasteiger partial charge in [0, 0.05) is 24.2 Å². The van der Waals surface area contributed by atoms with Gasteiger partial charge in [0.2, 0.25) is 0 Å². The highest BCUT2D eigenvalue weighted by Gasteiger charge is 2.21. The van der Waals surface area contributed by atoms with Crippen LogP contribution >= 0.6 is 0 Å². The lowest BCUT2D eigenvalue weighted by Gasteiger charge is -2.09. The van der Waals surface area contributed by atoms with Crippen LogP contribution in [0, 0.1) is 6.92 Å². The van der Waals surface area contributed by atoms with Crippen LogP contribution in [-0.4, -0.2) is 41.6 Å². The predicted octanol–water partition coefficient (Wildman–Crippen LogP) is -0.167. The molecule has 0 saturated carbocycles. The van der Waals surface area contributed by atoms with Gasteiger partial charge in [0.05, 0.1) is 18.1 Å². The van der Waals surface area contributed by atoms with Gasteiger partial charge < -0.3 is 5.11 Å². The van der Waals surface area contributed by atoms with E-state index in [1.165, 1.54) is 0 Å². The molecule has 1 aliphatic heterocycles. The van der Waals surface area contributed by atoms with Crippen LogP contribution in [0.4, 0.5) is 0 Å². The maximum absolute atomic E-state index is 11.6. The molecule has 0 atom stereocenters. The minimum Gasteiger partial charge on any atom is -0.396 e. The van der Waals surface area contributed by atoms with Crippen LogP contribution in [-0.2, 0) is 29.1 Å². The quantitative estimate of drug-likeness (QED) is 0.795. The SMILES string of the molecule is Cc1nc(CCO)nc2c1CCS(=O)(=O)CC2. The van der Waals surface area contributed by atoms with E-state index in [-0.39, 0.29) is 18.1 Å². The van der Waals surface area contributed by atoms with E-state index in [0.29, 0.717) is 25.1 Å². The third-order valence-corrected chi connectivity index (χ3v) is 4.65. The van der Waals surface area contributed by atoms with Crippen molar-refractivity contribution in [2.75, 3.05) is 18.1 Å². The largest absolute Gasteiger partial charge is 0.396 e. The van der Waals surface area contributed by atoms with E-state index in [9.17, 15) is 8.42 Å². The maximum atomic E-state index is 11.6. The Bertz CT molecular complexity index is 526. The minimum absolute atomic E-state index is 0.0104. The van der Waals surface area contributed by atoms with Crippen LogP contribution in [0.3, 0.4) is 0 Å². The molecule has 1 aromatic rings. The Kier molecular flexibility index (Phi) is 3.44. The summed E-state index contributed by atoms with van der Waals surface area (Å²) in [5.41, 5.74) is 2.64. The highest BCUT2D eigenvalue weighted by Crippen LogP contribution is 2.18. The number of hydrogen-bond acceptors (Lipinski definition) is 5. The first-order valence-corrected chi connectivity index (χ1v) is 7.50. The van der Waals surface area contributed by atoms with E-state index < -0.39 is 9.84 Å². The molecular formula is C11H16N2O3S. The van der Waals surface area contributed by atoms with Crippen LogP contribution in [0.25, 0.3) is 0 Å². The molecule has 1 aromatic heterocycles. The van der Waals surface area contributed by atoms with E-state index in [4.69, 9.17) is 5.11 Å². The first-order chi connectivity index (χ1) is 8.02. The number of aliphatic hydroxyl groups excluding tert-OH is 1. The second-order valence-electron chi connectivity index (χ2n) is 4.28. The smallest absolute Gasteiger partial charge is 0.151 e. The number of fused-ring (bicyclic) bond motifs is 1. The fourth-order valence-electron chi connectivity index (χ4n) is 2.07. The number of hydrogen-bond donors (Lipinski definition) is 1. The summed E-state index contributed by atoms with van der Waals surface area (Å²) in [6.45, 7) is 1.88. The lowest BCUT2D eigenvalue weighted by atomic mass is 10.1. The first kappa shape index (κ1) is 12.4. The van der Waals surface area contributed by atoms with Crippen LogP contribution < -0.4 is 0 Å². The lowest BCUT2D eigenvalue weighted by Crippen LogP contribution is -2.10. The molecule has 1 N–H and O–H groups in total. The molecule has 0 bridgehead atoms. The molecule has 2 rings (SSSR count). The number of aryl methyl sites for hydroxylation is 2. The summed E-state index contributed by atoms with van der Waals surface area (Å²) in [5.74, 6) is 0.946. The molecule has 0 aliphatic carbocycles. The molecule has 5 nitrogen and oxygen atoms in total. The third kappa shape index (κ3) is 2.81. The Hall–Kier alpha value is -1.01. The van der Waals surface area contributed by atoms with Gasteiger partial charge in [0.15, 0.2) is 9.84 Å². The number of sulfone groups is 1. The van der Waals surface area contributed by atoms with Crippen molar-refractivity contribution in [3.8, 4) is 0 Å². The molecule has 2 heterocycles. The van der Waals surface area contributed by atoms with Crippen molar-refractivity contribution in [1.82, 2.24) is 9.97 Å². The highest BCUT2D eigenvalue weighted by atomic mass is 32.2. The van der Waals surface area contributed by atoms with Crippen molar-refractivity contribution in [3.05, 3.63) is 22.8 Å². The van der Waals surface area contributed by atoms with Crippen molar-refractivity contribution < 1.29 is 13.5 Å². The van der Waals surface area contributed by atoms with Crippen LogP contribution in [0.15, 0.2) is 0 Å². The topological polar surface area (TPSA) is 80.2 Å². The summed E-state index contributed by atoms with van der Waals surface area (Å²) in [7, 11) is -2.95. The summed E-state index contributed by atoms with van der Waals surface area (Å²) in [6.07, 6.45) is 1.38. The lowest BCUT2D eigenvalue weighted by molar-refractivity contribution is 0.296. The van der Waals surface area contributed by atoms with E-state index in [1.54, 1.807) is 0 Å². The first-order valence-electron chi connectivity index (χ1n) is 5.68. The zero-order valence-corrected chi connectivity index (χ0v) is 10.6. The van der Waals surface area contributed by atoms with E-state index in [2.05, 4.69) is 9.97 Å². The fourth-order valence-corrected chi connectivity index (χ4v) is 3.30.